The lowest BCUT2D eigenvalue weighted by Crippen LogP contribution is -2.22. The summed E-state index contributed by atoms with van der Waals surface area (Å²) in [5.74, 6) is 1.12. The molecule has 0 aromatic heterocycles. The van der Waals surface area contributed by atoms with Crippen molar-refractivity contribution in [3.63, 3.8) is 0 Å². The maximum atomic E-state index is 12.1. The summed E-state index contributed by atoms with van der Waals surface area (Å²) >= 11 is 0. The van der Waals surface area contributed by atoms with Crippen LogP contribution in [0.5, 0.6) is 11.5 Å². The lowest BCUT2D eigenvalue weighted by molar-refractivity contribution is -0.132. The van der Waals surface area contributed by atoms with E-state index in [1.165, 1.54) is 5.56 Å². The topological polar surface area (TPSA) is 52.6 Å². The lowest BCUT2D eigenvalue weighted by atomic mass is 9.91. The van der Waals surface area contributed by atoms with Crippen molar-refractivity contribution in [2.75, 3.05) is 0 Å². The Kier molecular flexibility index (Phi) is 11.7. The summed E-state index contributed by atoms with van der Waals surface area (Å²) in [6.07, 6.45) is 8.12. The van der Waals surface area contributed by atoms with Gasteiger partial charge in [0.25, 0.3) is 0 Å². The first-order valence-electron chi connectivity index (χ1n) is 13.3. The van der Waals surface area contributed by atoms with Gasteiger partial charge in [-0.05, 0) is 54.5 Å². The summed E-state index contributed by atoms with van der Waals surface area (Å²) in [4.78, 5) is 24.2. The zero-order chi connectivity index (χ0) is 26.3. The third kappa shape index (κ3) is 9.38. The number of benzene rings is 3. The molecule has 0 aliphatic carbocycles. The summed E-state index contributed by atoms with van der Waals surface area (Å²) in [6.45, 7) is 4.60. The van der Waals surface area contributed by atoms with Crippen molar-refractivity contribution >= 4 is 11.6 Å². The SMILES string of the molecule is CCC(=O)C(CC/C=C/CCc1ccc(OCc2ccccc2)c(OCc2ccccc2)c1)C(=O)CC. The van der Waals surface area contributed by atoms with E-state index in [0.717, 1.165) is 41.9 Å². The highest BCUT2D eigenvalue weighted by Crippen LogP contribution is 2.30. The number of ketones is 2. The van der Waals surface area contributed by atoms with E-state index in [-0.39, 0.29) is 11.6 Å². The number of hydrogen-bond donors (Lipinski definition) is 0. The van der Waals surface area contributed by atoms with Crippen molar-refractivity contribution in [1.29, 1.82) is 0 Å². The van der Waals surface area contributed by atoms with Gasteiger partial charge in [0.15, 0.2) is 11.5 Å². The summed E-state index contributed by atoms with van der Waals surface area (Å²) < 4.78 is 12.3. The molecule has 3 aromatic rings. The maximum absolute atomic E-state index is 12.1. The number of hydrogen-bond acceptors (Lipinski definition) is 4. The second-order valence-corrected chi connectivity index (χ2v) is 9.11. The highest BCUT2D eigenvalue weighted by Gasteiger charge is 2.22. The van der Waals surface area contributed by atoms with Crippen LogP contribution in [0.2, 0.25) is 0 Å². The molecule has 0 spiro atoms. The van der Waals surface area contributed by atoms with E-state index >= 15 is 0 Å². The van der Waals surface area contributed by atoms with Crippen LogP contribution in [-0.2, 0) is 29.2 Å². The average molecular weight is 499 g/mol. The molecule has 0 bridgehead atoms. The van der Waals surface area contributed by atoms with Crippen LogP contribution in [0.1, 0.15) is 62.6 Å². The quantitative estimate of drug-likeness (QED) is 0.150. The van der Waals surface area contributed by atoms with Crippen molar-refractivity contribution in [2.45, 2.75) is 65.6 Å². The molecule has 3 rings (SSSR count). The third-order valence-corrected chi connectivity index (χ3v) is 6.35. The number of Topliss-reactive ketones (excluding diaryl/α,β-unsaturated/α-hetero) is 2. The Hall–Kier alpha value is -3.66. The molecular weight excluding hydrogens is 460 g/mol. The molecular formula is C33H38O4. The number of rotatable bonds is 16. The zero-order valence-electron chi connectivity index (χ0n) is 22.0. The number of carbonyl (C=O) groups excluding carboxylic acids is 2. The standard InChI is InChI=1S/C33H38O4/c1-3-30(34)29(31(35)4-2)20-14-6-5-9-15-26-21-22-32(36-24-27-16-10-7-11-17-27)33(23-26)37-25-28-18-12-8-13-19-28/h5-8,10-13,16-19,21-23,29H,3-4,9,14-15,20,24-25H2,1-2H3/b6-5+. The molecule has 0 fully saturated rings. The van der Waals surface area contributed by atoms with Crippen molar-refractivity contribution in [3.05, 3.63) is 108 Å². The van der Waals surface area contributed by atoms with Crippen molar-refractivity contribution in [3.8, 4) is 11.5 Å². The van der Waals surface area contributed by atoms with Gasteiger partial charge in [-0.3, -0.25) is 9.59 Å². The Bertz CT molecular complexity index is 1120. The molecule has 0 saturated heterocycles. The van der Waals surface area contributed by atoms with E-state index in [9.17, 15) is 9.59 Å². The van der Waals surface area contributed by atoms with Gasteiger partial charge in [0.2, 0.25) is 0 Å². The minimum absolute atomic E-state index is 0.0536. The highest BCUT2D eigenvalue weighted by atomic mass is 16.5. The number of aryl methyl sites for hydroxylation is 1. The molecule has 0 N–H and O–H groups in total. The van der Waals surface area contributed by atoms with Crippen LogP contribution in [0.3, 0.4) is 0 Å². The highest BCUT2D eigenvalue weighted by molar-refractivity contribution is 6.02. The number of ether oxygens (including phenoxy) is 2. The first-order chi connectivity index (χ1) is 18.1. The van der Waals surface area contributed by atoms with Gasteiger partial charge in [0.05, 0.1) is 5.92 Å². The fourth-order valence-corrected chi connectivity index (χ4v) is 4.15. The Morgan fingerprint density at radius 1 is 0.676 bits per heavy atom. The first kappa shape index (κ1) is 27.9. The maximum Gasteiger partial charge on any atom is 0.161 e. The predicted octanol–water partition coefficient (Wildman–Crippen LogP) is 7.69. The van der Waals surface area contributed by atoms with Gasteiger partial charge in [0.1, 0.15) is 24.8 Å². The molecule has 194 valence electrons. The fourth-order valence-electron chi connectivity index (χ4n) is 4.15. The minimum atomic E-state index is -0.451. The Morgan fingerprint density at radius 3 is 1.78 bits per heavy atom. The number of allylic oxidation sites excluding steroid dienone is 2. The van der Waals surface area contributed by atoms with Crippen molar-refractivity contribution in [2.24, 2.45) is 5.92 Å². The second-order valence-electron chi connectivity index (χ2n) is 9.11. The normalized spacial score (nSPS) is 11.1. The largest absolute Gasteiger partial charge is 0.485 e. The van der Waals surface area contributed by atoms with E-state index in [4.69, 9.17) is 9.47 Å². The Morgan fingerprint density at radius 2 is 1.22 bits per heavy atom. The van der Waals surface area contributed by atoms with Gasteiger partial charge in [-0.15, -0.1) is 0 Å². The van der Waals surface area contributed by atoms with E-state index < -0.39 is 5.92 Å². The number of carbonyl (C=O) groups is 2. The van der Waals surface area contributed by atoms with Gasteiger partial charge in [-0.1, -0.05) is 92.7 Å². The third-order valence-electron chi connectivity index (χ3n) is 6.35. The van der Waals surface area contributed by atoms with Crippen molar-refractivity contribution in [1.82, 2.24) is 0 Å². The van der Waals surface area contributed by atoms with Crippen LogP contribution in [0.25, 0.3) is 0 Å². The molecule has 0 atom stereocenters. The molecule has 0 radical (unpaired) electrons. The molecule has 0 unspecified atom stereocenters. The van der Waals surface area contributed by atoms with Crippen LogP contribution in [0.4, 0.5) is 0 Å². The monoisotopic (exact) mass is 498 g/mol. The van der Waals surface area contributed by atoms with Crippen LogP contribution >= 0.6 is 0 Å². The molecule has 4 nitrogen and oxygen atoms in total. The minimum Gasteiger partial charge on any atom is -0.485 e. The molecule has 0 saturated carbocycles. The Labute approximate surface area is 221 Å². The fraction of sp³-hybridized carbons (Fsp3) is 0.333. The van der Waals surface area contributed by atoms with E-state index in [1.54, 1.807) is 0 Å². The smallest absolute Gasteiger partial charge is 0.161 e. The summed E-state index contributed by atoms with van der Waals surface area (Å²) in [5.41, 5.74) is 3.38. The van der Waals surface area contributed by atoms with Crippen LogP contribution in [0.15, 0.2) is 91.0 Å². The van der Waals surface area contributed by atoms with E-state index in [2.05, 4.69) is 24.3 Å². The predicted molar refractivity (Wildman–Crippen MR) is 149 cm³/mol. The molecule has 0 aliphatic rings. The van der Waals surface area contributed by atoms with Crippen LogP contribution in [-0.4, -0.2) is 11.6 Å². The molecule has 0 amide bonds. The van der Waals surface area contributed by atoms with E-state index in [0.29, 0.717) is 32.5 Å². The summed E-state index contributed by atoms with van der Waals surface area (Å²) in [5, 5.41) is 0. The van der Waals surface area contributed by atoms with Gasteiger partial charge >= 0.3 is 0 Å². The Balaban J connectivity index is 1.58. The summed E-state index contributed by atoms with van der Waals surface area (Å²) in [7, 11) is 0. The lowest BCUT2D eigenvalue weighted by Gasteiger charge is -2.14. The van der Waals surface area contributed by atoms with E-state index in [1.807, 2.05) is 80.6 Å². The van der Waals surface area contributed by atoms with Gasteiger partial charge in [-0.2, -0.15) is 0 Å². The second kappa shape index (κ2) is 15.5. The van der Waals surface area contributed by atoms with Crippen LogP contribution < -0.4 is 9.47 Å². The zero-order valence-corrected chi connectivity index (χ0v) is 22.0. The molecule has 37 heavy (non-hydrogen) atoms. The molecule has 0 aliphatic heterocycles. The molecule has 4 heteroatoms. The molecule has 3 aromatic carbocycles. The first-order valence-corrected chi connectivity index (χ1v) is 13.3. The van der Waals surface area contributed by atoms with Gasteiger partial charge < -0.3 is 9.47 Å². The average Bonchev–Trinajstić information content (AvgIpc) is 2.95. The van der Waals surface area contributed by atoms with Gasteiger partial charge in [0, 0.05) is 12.8 Å². The molecule has 0 heterocycles. The van der Waals surface area contributed by atoms with Crippen LogP contribution in [0, 0.1) is 5.92 Å². The van der Waals surface area contributed by atoms with Crippen molar-refractivity contribution < 1.29 is 19.1 Å². The van der Waals surface area contributed by atoms with Gasteiger partial charge in [-0.25, -0.2) is 0 Å². The summed E-state index contributed by atoms with van der Waals surface area (Å²) in [6, 6.07) is 26.3.